The molecule has 0 saturated carbocycles. The number of nitrogens with one attached hydrogen (secondary N) is 1. The number of benzene rings is 2. The number of urea groups is 1. The molecule has 1 N–H and O–H groups in total. The Hall–Kier alpha value is -2.11. The van der Waals surface area contributed by atoms with E-state index in [1.807, 2.05) is 4.90 Å². The van der Waals surface area contributed by atoms with E-state index >= 15 is 0 Å². The molecular formula is C22H25ClFN3O. The minimum absolute atomic E-state index is 0.0136. The Balaban J connectivity index is 1.33. The fourth-order valence-electron chi connectivity index (χ4n) is 4.25. The first-order valence-electron chi connectivity index (χ1n) is 9.88. The molecule has 2 aromatic rings. The van der Waals surface area contributed by atoms with Crippen molar-refractivity contribution in [1.29, 1.82) is 0 Å². The lowest BCUT2D eigenvalue weighted by Crippen LogP contribution is -2.46. The maximum atomic E-state index is 13.3. The van der Waals surface area contributed by atoms with Gasteiger partial charge in [0.25, 0.3) is 0 Å². The molecule has 4 rings (SSSR count). The van der Waals surface area contributed by atoms with Gasteiger partial charge in [0.1, 0.15) is 5.82 Å². The van der Waals surface area contributed by atoms with E-state index in [4.69, 9.17) is 11.6 Å². The molecular weight excluding hydrogens is 377 g/mol. The lowest BCUT2D eigenvalue weighted by atomic mass is 9.95. The van der Waals surface area contributed by atoms with Crippen molar-refractivity contribution in [2.75, 3.05) is 31.5 Å². The molecule has 0 radical (unpaired) electrons. The predicted octanol–water partition coefficient (Wildman–Crippen LogP) is 4.78. The van der Waals surface area contributed by atoms with Crippen LogP contribution in [0.1, 0.15) is 24.0 Å². The number of halogens is 2. The van der Waals surface area contributed by atoms with Gasteiger partial charge in [0.15, 0.2) is 0 Å². The number of carbonyl (C=O) groups excluding carboxylic acids is 1. The van der Waals surface area contributed by atoms with Crippen LogP contribution in [0.2, 0.25) is 5.02 Å². The Bertz CT molecular complexity index is 859. The molecule has 1 saturated heterocycles. The van der Waals surface area contributed by atoms with E-state index in [1.165, 1.54) is 29.3 Å². The molecule has 1 unspecified atom stereocenters. The number of anilines is 1. The summed E-state index contributed by atoms with van der Waals surface area (Å²) in [6, 6.07) is 12.8. The van der Waals surface area contributed by atoms with Gasteiger partial charge in [-0.1, -0.05) is 35.9 Å². The highest BCUT2D eigenvalue weighted by atomic mass is 35.5. The van der Waals surface area contributed by atoms with Gasteiger partial charge < -0.3 is 10.2 Å². The third kappa shape index (κ3) is 4.47. The van der Waals surface area contributed by atoms with Crippen molar-refractivity contribution in [3.63, 3.8) is 0 Å². The molecule has 2 aromatic carbocycles. The summed E-state index contributed by atoms with van der Waals surface area (Å²) in [7, 11) is 0. The molecule has 0 aromatic heterocycles. The summed E-state index contributed by atoms with van der Waals surface area (Å²) in [5, 5.41) is 2.85. The second-order valence-electron chi connectivity index (χ2n) is 7.77. The van der Waals surface area contributed by atoms with Gasteiger partial charge in [-0.2, -0.15) is 0 Å². The fourth-order valence-corrected chi connectivity index (χ4v) is 4.43. The van der Waals surface area contributed by atoms with Crippen LogP contribution in [0.3, 0.4) is 0 Å². The maximum Gasteiger partial charge on any atom is 0.321 e. The minimum Gasteiger partial charge on any atom is -0.324 e. The van der Waals surface area contributed by atoms with Crippen molar-refractivity contribution in [1.82, 2.24) is 9.80 Å². The zero-order chi connectivity index (χ0) is 19.5. The van der Waals surface area contributed by atoms with E-state index < -0.39 is 5.82 Å². The Kier molecular flexibility index (Phi) is 5.83. The normalized spacial score (nSPS) is 19.9. The van der Waals surface area contributed by atoms with Crippen molar-refractivity contribution in [2.24, 2.45) is 5.92 Å². The standard InChI is InChI=1S/C22H25ClFN3O/c23-20-12-19(7-8-21(20)24)25-22(28)27-10-3-4-16(14-27)13-26-11-9-17-5-1-2-6-18(17)15-26/h1-2,5-8,12,16H,3-4,9-11,13-15H2,(H,25,28). The number of carbonyl (C=O) groups is 1. The van der Waals surface area contributed by atoms with Crippen molar-refractivity contribution in [2.45, 2.75) is 25.8 Å². The number of likely N-dealkylation sites (tertiary alicyclic amines) is 1. The molecule has 6 heteroatoms. The summed E-state index contributed by atoms with van der Waals surface area (Å²) in [6.45, 7) is 4.58. The van der Waals surface area contributed by atoms with Crippen LogP contribution >= 0.6 is 11.6 Å². The van der Waals surface area contributed by atoms with Gasteiger partial charge in [-0.3, -0.25) is 4.90 Å². The van der Waals surface area contributed by atoms with Gasteiger partial charge in [0, 0.05) is 38.4 Å². The average Bonchev–Trinajstić information content (AvgIpc) is 2.71. The highest BCUT2D eigenvalue weighted by Gasteiger charge is 2.26. The zero-order valence-electron chi connectivity index (χ0n) is 15.8. The van der Waals surface area contributed by atoms with E-state index in [-0.39, 0.29) is 11.1 Å². The summed E-state index contributed by atoms with van der Waals surface area (Å²) in [6.07, 6.45) is 3.25. The van der Waals surface area contributed by atoms with E-state index in [0.29, 0.717) is 11.6 Å². The quantitative estimate of drug-likeness (QED) is 0.803. The highest BCUT2D eigenvalue weighted by Crippen LogP contribution is 2.24. The van der Waals surface area contributed by atoms with Gasteiger partial charge in [0.2, 0.25) is 0 Å². The predicted molar refractivity (Wildman–Crippen MR) is 110 cm³/mol. The summed E-state index contributed by atoms with van der Waals surface area (Å²) in [4.78, 5) is 17.0. The van der Waals surface area contributed by atoms with Gasteiger partial charge in [-0.15, -0.1) is 0 Å². The third-order valence-corrected chi connectivity index (χ3v) is 5.99. The molecule has 2 heterocycles. The molecule has 2 amide bonds. The van der Waals surface area contributed by atoms with Crippen molar-refractivity contribution in [3.05, 3.63) is 64.4 Å². The Morgan fingerprint density at radius 2 is 2.00 bits per heavy atom. The highest BCUT2D eigenvalue weighted by molar-refractivity contribution is 6.31. The number of rotatable bonds is 3. The molecule has 1 atom stereocenters. The van der Waals surface area contributed by atoms with Gasteiger partial charge in [-0.05, 0) is 54.5 Å². The topological polar surface area (TPSA) is 35.6 Å². The van der Waals surface area contributed by atoms with Crippen LogP contribution in [-0.4, -0.2) is 42.0 Å². The summed E-state index contributed by atoms with van der Waals surface area (Å²) in [5.74, 6) is -0.0117. The van der Waals surface area contributed by atoms with Crippen LogP contribution in [0.4, 0.5) is 14.9 Å². The smallest absolute Gasteiger partial charge is 0.321 e. The SMILES string of the molecule is O=C(Nc1ccc(F)c(Cl)c1)N1CCCC(CN2CCc3ccccc3C2)C1. The monoisotopic (exact) mass is 401 g/mol. The van der Waals surface area contributed by atoms with Gasteiger partial charge in [-0.25, -0.2) is 9.18 Å². The van der Waals surface area contributed by atoms with Crippen LogP contribution in [0.5, 0.6) is 0 Å². The van der Waals surface area contributed by atoms with Crippen LogP contribution in [0, 0.1) is 11.7 Å². The molecule has 2 aliphatic rings. The van der Waals surface area contributed by atoms with E-state index in [9.17, 15) is 9.18 Å². The van der Waals surface area contributed by atoms with E-state index in [2.05, 4.69) is 34.5 Å². The number of hydrogen-bond donors (Lipinski definition) is 1. The molecule has 0 aliphatic carbocycles. The maximum absolute atomic E-state index is 13.3. The third-order valence-electron chi connectivity index (χ3n) is 5.70. The number of piperidine rings is 1. The van der Waals surface area contributed by atoms with Crippen LogP contribution in [0.25, 0.3) is 0 Å². The van der Waals surface area contributed by atoms with Crippen LogP contribution in [0.15, 0.2) is 42.5 Å². The van der Waals surface area contributed by atoms with Crippen LogP contribution in [-0.2, 0) is 13.0 Å². The van der Waals surface area contributed by atoms with Crippen molar-refractivity contribution < 1.29 is 9.18 Å². The second kappa shape index (κ2) is 8.50. The molecule has 1 fully saturated rings. The molecule has 4 nitrogen and oxygen atoms in total. The number of nitrogens with zero attached hydrogens (tertiary/aromatic N) is 2. The fraction of sp³-hybridized carbons (Fsp3) is 0.409. The Morgan fingerprint density at radius 1 is 1.18 bits per heavy atom. The molecule has 28 heavy (non-hydrogen) atoms. The molecule has 0 spiro atoms. The molecule has 148 valence electrons. The summed E-state index contributed by atoms with van der Waals surface area (Å²) < 4.78 is 13.3. The molecule has 0 bridgehead atoms. The zero-order valence-corrected chi connectivity index (χ0v) is 16.6. The van der Waals surface area contributed by atoms with E-state index in [0.717, 1.165) is 52.0 Å². The average molecular weight is 402 g/mol. The lowest BCUT2D eigenvalue weighted by Gasteiger charge is -2.37. The first-order chi connectivity index (χ1) is 13.6. The summed E-state index contributed by atoms with van der Waals surface area (Å²) in [5.41, 5.74) is 3.40. The summed E-state index contributed by atoms with van der Waals surface area (Å²) >= 11 is 5.81. The lowest BCUT2D eigenvalue weighted by molar-refractivity contribution is 0.140. The largest absolute Gasteiger partial charge is 0.324 e. The first kappa shape index (κ1) is 19.2. The Labute approximate surface area is 170 Å². The minimum atomic E-state index is -0.485. The number of fused-ring (bicyclic) bond motifs is 1. The Morgan fingerprint density at radius 3 is 2.82 bits per heavy atom. The van der Waals surface area contributed by atoms with E-state index in [1.54, 1.807) is 0 Å². The number of hydrogen-bond acceptors (Lipinski definition) is 2. The van der Waals surface area contributed by atoms with Crippen molar-refractivity contribution >= 4 is 23.3 Å². The van der Waals surface area contributed by atoms with Crippen LogP contribution < -0.4 is 5.32 Å². The van der Waals surface area contributed by atoms with Crippen molar-refractivity contribution in [3.8, 4) is 0 Å². The van der Waals surface area contributed by atoms with Gasteiger partial charge >= 0.3 is 6.03 Å². The first-order valence-corrected chi connectivity index (χ1v) is 10.3. The molecule has 2 aliphatic heterocycles. The number of amides is 2. The van der Waals surface area contributed by atoms with Gasteiger partial charge in [0.05, 0.1) is 5.02 Å². The second-order valence-corrected chi connectivity index (χ2v) is 8.17.